The van der Waals surface area contributed by atoms with E-state index in [9.17, 15) is 103 Å². The van der Waals surface area contributed by atoms with Gasteiger partial charge in [0.05, 0.1) is 55.4 Å². The molecule has 0 unspecified atom stereocenters. The number of carboxylic acid groups (broad SMARTS) is 1. The molecule has 2 aliphatic rings. The van der Waals surface area contributed by atoms with Crippen LogP contribution < -0.4 is 47.0 Å². The fourth-order valence-corrected chi connectivity index (χ4v) is 12.6. The average Bonchev–Trinajstić information content (AvgIpc) is 1.62. The van der Waals surface area contributed by atoms with Gasteiger partial charge in [-0.05, 0) is 75.6 Å². The molecule has 0 bridgehead atoms. The van der Waals surface area contributed by atoms with Crippen LogP contribution in [0.15, 0.2) is 48.5 Å². The number of nitrogens with zero attached hydrogens (tertiary/aromatic N) is 2. The van der Waals surface area contributed by atoms with Crippen molar-refractivity contribution >= 4 is 100 Å². The van der Waals surface area contributed by atoms with E-state index < -0.39 is 208 Å². The van der Waals surface area contributed by atoms with Crippen molar-refractivity contribution < 1.29 is 114 Å². The van der Waals surface area contributed by atoms with Crippen LogP contribution in [0.1, 0.15) is 180 Å². The van der Waals surface area contributed by atoms with Gasteiger partial charge in [-0.25, -0.2) is 9.59 Å². The van der Waals surface area contributed by atoms with E-state index in [0.29, 0.717) is 49.0 Å². The number of anilines is 3. The molecule has 2 aromatic rings. The summed E-state index contributed by atoms with van der Waals surface area (Å²) in [7, 11) is 0. The third-order valence-corrected chi connectivity index (χ3v) is 19.5. The average molecular weight is 1520 g/mol. The minimum atomic E-state index is -2.02. The number of aliphatic hydroxyl groups excluding tert-OH is 10. The standard InChI is InChI=1S/C73H113N9O23S/c1-6-47(77-63(95)27-16-11-9-8-10-15-26-53(85)42-20-19-21-45(32-42)76-72(105)80-49-37-81(46-22-13-12-14-23-46)51-24-17-18-25-52(51)82(70(49)102)38-60(92)73(3,4)5)54(86)33-43(28-30-61(93)74-35-56(88)64(96)66(98)58(90)39-83)68(100)78-48(7-2)55(87)34-44(69(101)79-50(41-106)71(103)104)29-31-62(94)75-36-57(89)65(97)67(99)59(91)40-84/h17-21,24-25,32,43-44,46-50,56-59,64-67,83-84,88-91,96-99,106H,6-16,22-23,26-31,33-41H2,1-5H3,(H,74,93)(H,75,94)(H,77,95)(H,78,100)(H,79,101)(H,103,104)(H2,76,80,105)/t43-,44-,47+,48+,49-,50+,56-,57-,58+,59+,64+,65+,66+,67+/m1/s1. The normalized spacial score (nSPS) is 17.8. The molecule has 4 rings (SSSR count). The number of hydrogen-bond donors (Lipinski definition) is 19. The summed E-state index contributed by atoms with van der Waals surface area (Å²) in [5.74, 6) is -10.9. The van der Waals surface area contributed by atoms with Gasteiger partial charge < -0.3 is 103 Å². The van der Waals surface area contributed by atoms with E-state index in [2.05, 4.69) is 54.7 Å². The highest BCUT2D eigenvalue weighted by atomic mass is 32.1. The monoisotopic (exact) mass is 1520 g/mol. The number of carbonyl (C=O) groups excluding carboxylic acids is 11. The molecule has 0 radical (unpaired) electrons. The van der Waals surface area contributed by atoms with Crippen LogP contribution in [0.25, 0.3) is 0 Å². The van der Waals surface area contributed by atoms with Gasteiger partial charge in [-0.2, -0.15) is 12.6 Å². The largest absolute Gasteiger partial charge is 0.480 e. The van der Waals surface area contributed by atoms with Crippen molar-refractivity contribution in [1.29, 1.82) is 0 Å². The Hall–Kier alpha value is -7.57. The van der Waals surface area contributed by atoms with E-state index in [1.54, 1.807) is 52.0 Å². The maximum atomic E-state index is 14.5. The molecule has 594 valence electrons. The maximum Gasteiger partial charge on any atom is 0.327 e. The number of aliphatic carboxylic acids is 1. The lowest BCUT2D eigenvalue weighted by Gasteiger charge is -2.37. The molecule has 33 heteroatoms. The predicted octanol–water partition coefficient (Wildman–Crippen LogP) is 0.386. The molecule has 0 spiro atoms. The Morgan fingerprint density at radius 2 is 1.06 bits per heavy atom. The molecule has 2 aromatic carbocycles. The summed E-state index contributed by atoms with van der Waals surface area (Å²) in [5, 5.41) is 126. The Morgan fingerprint density at radius 3 is 1.55 bits per heavy atom. The zero-order valence-corrected chi connectivity index (χ0v) is 62.1. The number of aliphatic hydroxyl groups is 10. The summed E-state index contributed by atoms with van der Waals surface area (Å²) in [6.07, 6.45) is -9.61. The number of fused-ring (bicyclic) bond motifs is 1. The number of thiol groups is 1. The van der Waals surface area contributed by atoms with Crippen molar-refractivity contribution in [3.8, 4) is 0 Å². The number of carbonyl (C=O) groups is 12. The molecule has 1 aliphatic heterocycles. The lowest BCUT2D eigenvalue weighted by molar-refractivity contribution is -0.142. The van der Waals surface area contributed by atoms with Crippen molar-refractivity contribution in [1.82, 2.24) is 31.9 Å². The Balaban J connectivity index is 1.34. The summed E-state index contributed by atoms with van der Waals surface area (Å²) in [6, 6.07) is 8.45. The molecule has 32 nitrogen and oxygen atoms in total. The lowest BCUT2D eigenvalue weighted by Crippen LogP contribution is -2.55. The molecule has 14 atom stereocenters. The summed E-state index contributed by atoms with van der Waals surface area (Å²) in [6.45, 7) is 5.24. The summed E-state index contributed by atoms with van der Waals surface area (Å²) in [5.41, 5.74) is 1.43. The molecule has 1 heterocycles. The second-order valence-electron chi connectivity index (χ2n) is 28.4. The van der Waals surface area contributed by atoms with Gasteiger partial charge in [0, 0.05) is 98.5 Å². The fourth-order valence-electron chi connectivity index (χ4n) is 12.4. The lowest BCUT2D eigenvalue weighted by atomic mass is 9.90. The van der Waals surface area contributed by atoms with Crippen LogP contribution in [0, 0.1) is 17.3 Å². The van der Waals surface area contributed by atoms with E-state index in [1.165, 1.54) is 11.8 Å². The first-order valence-electron chi connectivity index (χ1n) is 36.6. The van der Waals surface area contributed by atoms with Crippen LogP contribution in [-0.4, -0.2) is 251 Å². The maximum absolute atomic E-state index is 14.5. The number of urea groups is 1. The third-order valence-electron chi connectivity index (χ3n) is 19.2. The van der Waals surface area contributed by atoms with Crippen LogP contribution in [0.2, 0.25) is 0 Å². The molecule has 18 N–H and O–H groups in total. The molecule has 8 amide bonds. The first-order chi connectivity index (χ1) is 50.2. The number of hydrogen-bond acceptors (Lipinski definition) is 24. The van der Waals surface area contributed by atoms with Crippen LogP contribution >= 0.6 is 12.6 Å². The number of benzene rings is 2. The number of rotatable bonds is 48. The molecule has 1 fully saturated rings. The zero-order chi connectivity index (χ0) is 79.0. The van der Waals surface area contributed by atoms with Gasteiger partial charge >= 0.3 is 12.0 Å². The van der Waals surface area contributed by atoms with Crippen LogP contribution in [0.3, 0.4) is 0 Å². The van der Waals surface area contributed by atoms with E-state index in [0.717, 1.165) is 44.2 Å². The van der Waals surface area contributed by atoms with E-state index in [1.807, 2.05) is 24.3 Å². The molecular weight excluding hydrogens is 1400 g/mol. The number of ketones is 4. The van der Waals surface area contributed by atoms with Gasteiger partial charge in [0.25, 0.3) is 5.91 Å². The fraction of sp³-hybridized carbons (Fsp3) is 0.671. The highest BCUT2D eigenvalue weighted by molar-refractivity contribution is 7.80. The molecule has 0 aromatic heterocycles. The zero-order valence-electron chi connectivity index (χ0n) is 61.2. The Morgan fingerprint density at radius 1 is 0.575 bits per heavy atom. The van der Waals surface area contributed by atoms with Crippen LogP contribution in [0.4, 0.5) is 21.9 Å². The number of para-hydroxylation sites is 2. The number of carboxylic acids is 1. The SMILES string of the molecule is CC[C@H](NC(=O)CCCCCCCCC(=O)c1cccc(NC(=O)N[C@@H]2CN(C3CCCCC3)c3ccccc3N(CC(=O)C(C)(C)C)C2=O)c1)C(=O)C[C@@H](CCC(=O)NC[C@@H](O)[C@H](O)[C@@H](O)[C@@H](O)CO)C(=O)N[C@@H](CC)C(=O)C[C@@H](CCC(=O)NC[C@@H](O)[C@H](O)[C@@H](O)[C@@H](O)CO)C(=O)N[C@@H](CS)C(=O)O. The van der Waals surface area contributed by atoms with Crippen molar-refractivity contribution in [3.63, 3.8) is 0 Å². The molecular formula is C73H113N9O23S. The van der Waals surface area contributed by atoms with Crippen molar-refractivity contribution in [2.75, 3.05) is 60.3 Å². The number of nitrogens with one attached hydrogen (secondary N) is 7. The first kappa shape index (κ1) is 90.8. The van der Waals surface area contributed by atoms with Gasteiger partial charge in [-0.1, -0.05) is 104 Å². The van der Waals surface area contributed by atoms with Gasteiger partial charge in [-0.3, -0.25) is 47.9 Å². The van der Waals surface area contributed by atoms with E-state index in [4.69, 9.17) is 10.2 Å². The highest BCUT2D eigenvalue weighted by Gasteiger charge is 2.41. The van der Waals surface area contributed by atoms with Crippen molar-refractivity contribution in [2.45, 2.75) is 248 Å². The van der Waals surface area contributed by atoms with Gasteiger partial charge in [0.15, 0.2) is 23.1 Å². The van der Waals surface area contributed by atoms with Gasteiger partial charge in [0.1, 0.15) is 48.7 Å². The minimum absolute atomic E-state index is 0.0259. The number of unbranched alkanes of at least 4 members (excludes halogenated alkanes) is 5. The minimum Gasteiger partial charge on any atom is -0.480 e. The number of Topliss-reactive ketones (excluding diaryl/α,β-unsaturated/α-hetero) is 4. The highest BCUT2D eigenvalue weighted by Crippen LogP contribution is 2.38. The van der Waals surface area contributed by atoms with Gasteiger partial charge in [0.2, 0.25) is 29.5 Å². The quantitative estimate of drug-likeness (QED) is 0.0242. The third kappa shape index (κ3) is 29.5. The molecule has 106 heavy (non-hydrogen) atoms. The molecule has 1 aliphatic carbocycles. The summed E-state index contributed by atoms with van der Waals surface area (Å²) >= 11 is 3.96. The van der Waals surface area contributed by atoms with Gasteiger partial charge in [-0.15, -0.1) is 0 Å². The second-order valence-corrected chi connectivity index (χ2v) is 28.8. The van der Waals surface area contributed by atoms with Crippen LogP contribution in [-0.2, 0) is 47.9 Å². The smallest absolute Gasteiger partial charge is 0.327 e. The molecule has 0 saturated heterocycles. The molecule has 1 saturated carbocycles. The Labute approximate surface area is 623 Å². The Kier molecular flexibility index (Phi) is 39.4. The topological polar surface area (TPSA) is 518 Å². The van der Waals surface area contributed by atoms with Crippen LogP contribution in [0.5, 0.6) is 0 Å². The van der Waals surface area contributed by atoms with Crippen molar-refractivity contribution in [3.05, 3.63) is 54.1 Å². The number of amides is 8. The van der Waals surface area contributed by atoms with E-state index >= 15 is 0 Å². The first-order valence-corrected chi connectivity index (χ1v) is 37.2. The summed E-state index contributed by atoms with van der Waals surface area (Å²) in [4.78, 5) is 166. The second kappa shape index (κ2) is 45.9. The van der Waals surface area contributed by atoms with E-state index in [-0.39, 0.29) is 68.6 Å². The summed E-state index contributed by atoms with van der Waals surface area (Å²) < 4.78 is 0. The predicted molar refractivity (Wildman–Crippen MR) is 392 cm³/mol. The van der Waals surface area contributed by atoms with Crippen molar-refractivity contribution in [2.24, 2.45) is 17.3 Å². The Bertz CT molecular complexity index is 3230.